The van der Waals surface area contributed by atoms with Crippen LogP contribution in [0.25, 0.3) is 0 Å². The second-order valence-electron chi connectivity index (χ2n) is 3.09. The first-order valence-electron chi connectivity index (χ1n) is 4.06. The van der Waals surface area contributed by atoms with E-state index in [4.69, 9.17) is 5.21 Å². The summed E-state index contributed by atoms with van der Waals surface area (Å²) < 4.78 is 0. The lowest BCUT2D eigenvalue weighted by atomic mass is 9.91. The molecule has 76 valence electrons. The van der Waals surface area contributed by atoms with Crippen LogP contribution in [0.4, 0.5) is 0 Å². The van der Waals surface area contributed by atoms with E-state index >= 15 is 0 Å². The van der Waals surface area contributed by atoms with E-state index in [0.29, 0.717) is 0 Å². The van der Waals surface area contributed by atoms with E-state index in [1.807, 2.05) is 0 Å². The van der Waals surface area contributed by atoms with Crippen LogP contribution in [0, 0.1) is 0 Å². The van der Waals surface area contributed by atoms with E-state index < -0.39 is 17.4 Å². The van der Waals surface area contributed by atoms with E-state index in [-0.39, 0.29) is 17.9 Å². The van der Waals surface area contributed by atoms with Gasteiger partial charge in [-0.15, -0.1) is 0 Å². The number of carbonyl (C=O) groups is 2. The van der Waals surface area contributed by atoms with Crippen LogP contribution in [0.1, 0.15) is 27.2 Å². The molecule has 0 aromatic heterocycles. The molecule has 2 unspecified atom stereocenters. The summed E-state index contributed by atoms with van der Waals surface area (Å²) in [6, 6.07) is -0.947. The van der Waals surface area contributed by atoms with Crippen molar-refractivity contribution >= 4 is 12.2 Å². The van der Waals surface area contributed by atoms with E-state index in [0.717, 1.165) is 0 Å². The number of ketones is 1. The predicted molar refractivity (Wildman–Crippen MR) is 45.1 cm³/mol. The molecule has 0 heterocycles. The van der Waals surface area contributed by atoms with Gasteiger partial charge in [-0.05, 0) is 13.8 Å². The zero-order chi connectivity index (χ0) is 10.6. The summed E-state index contributed by atoms with van der Waals surface area (Å²) in [5, 5.41) is 18.9. The molecule has 0 aliphatic carbocycles. The van der Waals surface area contributed by atoms with Gasteiger partial charge in [0, 0.05) is 6.42 Å². The highest BCUT2D eigenvalue weighted by Crippen LogP contribution is 2.16. The Morgan fingerprint density at radius 2 is 2.15 bits per heavy atom. The minimum absolute atomic E-state index is 0.155. The molecule has 1 amide bonds. The van der Waals surface area contributed by atoms with Gasteiger partial charge in [-0.25, -0.2) is 5.06 Å². The van der Waals surface area contributed by atoms with Gasteiger partial charge in [-0.2, -0.15) is 0 Å². The van der Waals surface area contributed by atoms with E-state index in [2.05, 4.69) is 0 Å². The Hall–Kier alpha value is -0.940. The summed E-state index contributed by atoms with van der Waals surface area (Å²) >= 11 is 0. The molecule has 0 rings (SSSR count). The van der Waals surface area contributed by atoms with E-state index in [1.165, 1.54) is 13.8 Å². The van der Waals surface area contributed by atoms with Gasteiger partial charge in [0.15, 0.2) is 5.78 Å². The second-order valence-corrected chi connectivity index (χ2v) is 3.09. The lowest BCUT2D eigenvalue weighted by Crippen LogP contribution is -2.52. The molecule has 0 radical (unpaired) electrons. The van der Waals surface area contributed by atoms with E-state index in [9.17, 15) is 14.7 Å². The van der Waals surface area contributed by atoms with Crippen molar-refractivity contribution in [3.63, 3.8) is 0 Å². The van der Waals surface area contributed by atoms with Crippen LogP contribution in [-0.2, 0) is 9.59 Å². The molecule has 5 nitrogen and oxygen atoms in total. The lowest BCUT2D eigenvalue weighted by Gasteiger charge is -2.31. The first kappa shape index (κ1) is 12.1. The predicted octanol–water partition coefficient (Wildman–Crippen LogP) is -0.0474. The van der Waals surface area contributed by atoms with Gasteiger partial charge in [0.1, 0.15) is 5.60 Å². The first-order valence-corrected chi connectivity index (χ1v) is 4.06. The summed E-state index contributed by atoms with van der Waals surface area (Å²) in [6.45, 7) is 4.27. The second kappa shape index (κ2) is 4.34. The Bertz CT molecular complexity index is 202. The maximum Gasteiger partial charge on any atom is 0.233 e. The SMILES string of the molecule is CCC(=O)C(C)(O)C(C)N(O)C=O. The summed E-state index contributed by atoms with van der Waals surface area (Å²) in [4.78, 5) is 21.3. The van der Waals surface area contributed by atoms with Crippen LogP contribution in [0.2, 0.25) is 0 Å². The van der Waals surface area contributed by atoms with Gasteiger partial charge in [0.2, 0.25) is 6.41 Å². The Labute approximate surface area is 76.9 Å². The molecule has 0 bridgehead atoms. The lowest BCUT2D eigenvalue weighted by molar-refractivity contribution is -0.183. The minimum atomic E-state index is -1.70. The molecular weight excluding hydrogens is 174 g/mol. The smallest absolute Gasteiger partial charge is 0.233 e. The van der Waals surface area contributed by atoms with Gasteiger partial charge in [-0.3, -0.25) is 14.8 Å². The van der Waals surface area contributed by atoms with E-state index in [1.54, 1.807) is 6.92 Å². The first-order chi connectivity index (χ1) is 5.87. The maximum atomic E-state index is 11.2. The van der Waals surface area contributed by atoms with Crippen LogP contribution in [-0.4, -0.2) is 39.2 Å². The van der Waals surface area contributed by atoms with Crippen LogP contribution >= 0.6 is 0 Å². The number of rotatable bonds is 5. The quantitative estimate of drug-likeness (QED) is 0.361. The third kappa shape index (κ3) is 2.50. The summed E-state index contributed by atoms with van der Waals surface area (Å²) in [6.07, 6.45) is 0.312. The van der Waals surface area contributed by atoms with Gasteiger partial charge >= 0.3 is 0 Å². The molecule has 0 aromatic carbocycles. The molecule has 0 spiro atoms. The van der Waals surface area contributed by atoms with Crippen LogP contribution in [0.5, 0.6) is 0 Å². The van der Waals surface area contributed by atoms with Crippen LogP contribution in [0.3, 0.4) is 0 Å². The largest absolute Gasteiger partial charge is 0.380 e. The molecule has 5 heteroatoms. The van der Waals surface area contributed by atoms with Crippen molar-refractivity contribution in [2.45, 2.75) is 38.8 Å². The third-order valence-electron chi connectivity index (χ3n) is 2.20. The summed E-state index contributed by atoms with van der Waals surface area (Å²) in [5.41, 5.74) is -1.70. The monoisotopic (exact) mass is 189 g/mol. The highest BCUT2D eigenvalue weighted by Gasteiger charge is 2.38. The summed E-state index contributed by atoms with van der Waals surface area (Å²) in [7, 11) is 0. The van der Waals surface area contributed by atoms with Crippen molar-refractivity contribution in [3.8, 4) is 0 Å². The molecule has 0 aromatic rings. The minimum Gasteiger partial charge on any atom is -0.380 e. The van der Waals surface area contributed by atoms with Crippen LogP contribution in [0.15, 0.2) is 0 Å². The summed E-state index contributed by atoms with van der Waals surface area (Å²) in [5.74, 6) is -0.416. The highest BCUT2D eigenvalue weighted by atomic mass is 16.5. The van der Waals surface area contributed by atoms with Crippen molar-refractivity contribution in [2.75, 3.05) is 0 Å². The van der Waals surface area contributed by atoms with Gasteiger partial charge in [0.25, 0.3) is 0 Å². The Morgan fingerprint density at radius 3 is 2.46 bits per heavy atom. The zero-order valence-corrected chi connectivity index (χ0v) is 8.02. The Balaban J connectivity index is 4.61. The number of hydroxylamine groups is 2. The topological polar surface area (TPSA) is 77.8 Å². The van der Waals surface area contributed by atoms with Crippen LogP contribution < -0.4 is 0 Å². The molecule has 13 heavy (non-hydrogen) atoms. The molecule has 0 saturated carbocycles. The number of amides is 1. The fourth-order valence-electron chi connectivity index (χ4n) is 0.940. The average molecular weight is 189 g/mol. The molecule has 0 aliphatic heterocycles. The number of nitrogens with zero attached hydrogens (tertiary/aromatic N) is 1. The number of aliphatic hydroxyl groups is 1. The maximum absolute atomic E-state index is 11.2. The van der Waals surface area contributed by atoms with Crippen molar-refractivity contribution < 1.29 is 19.9 Å². The Morgan fingerprint density at radius 1 is 1.69 bits per heavy atom. The molecule has 0 fully saturated rings. The standard InChI is InChI=1S/C8H15NO4/c1-4-7(11)8(3,12)6(2)9(13)5-10/h5-6,12-13H,4H2,1-3H3. The van der Waals surface area contributed by atoms with Gasteiger partial charge < -0.3 is 5.11 Å². The molecular formula is C8H15NO4. The van der Waals surface area contributed by atoms with Crippen molar-refractivity contribution in [1.82, 2.24) is 5.06 Å². The number of hydrogen-bond donors (Lipinski definition) is 2. The molecule has 2 N–H and O–H groups in total. The highest BCUT2D eigenvalue weighted by molar-refractivity contribution is 5.87. The fraction of sp³-hybridized carbons (Fsp3) is 0.750. The van der Waals surface area contributed by atoms with Crippen molar-refractivity contribution in [2.24, 2.45) is 0 Å². The third-order valence-corrected chi connectivity index (χ3v) is 2.20. The van der Waals surface area contributed by atoms with Gasteiger partial charge in [-0.1, -0.05) is 6.92 Å². The van der Waals surface area contributed by atoms with Crippen molar-refractivity contribution in [1.29, 1.82) is 0 Å². The Kier molecular flexibility index (Phi) is 4.03. The molecule has 2 atom stereocenters. The zero-order valence-electron chi connectivity index (χ0n) is 8.02. The fourth-order valence-corrected chi connectivity index (χ4v) is 0.940. The molecule has 0 aliphatic rings. The number of hydrogen-bond acceptors (Lipinski definition) is 4. The van der Waals surface area contributed by atoms with Gasteiger partial charge in [0.05, 0.1) is 6.04 Å². The molecule has 0 saturated heterocycles. The normalized spacial score (nSPS) is 17.3. The van der Waals surface area contributed by atoms with Crippen molar-refractivity contribution in [3.05, 3.63) is 0 Å². The number of carbonyl (C=O) groups excluding carboxylic acids is 2. The average Bonchev–Trinajstić information content (AvgIpc) is 2.13. The number of Topliss-reactive ketones (excluding diaryl/α,β-unsaturated/α-hetero) is 1.